The molecule has 8 nitrogen and oxygen atoms in total. The van der Waals surface area contributed by atoms with Crippen molar-refractivity contribution in [2.45, 2.75) is 33.4 Å². The van der Waals surface area contributed by atoms with Gasteiger partial charge in [0.2, 0.25) is 11.8 Å². The Kier molecular flexibility index (Phi) is 6.27. The summed E-state index contributed by atoms with van der Waals surface area (Å²) in [6.07, 6.45) is 0.493. The zero-order chi connectivity index (χ0) is 25.6. The van der Waals surface area contributed by atoms with Crippen molar-refractivity contribution in [3.8, 4) is 5.69 Å². The van der Waals surface area contributed by atoms with Crippen molar-refractivity contribution in [2.24, 2.45) is 0 Å². The van der Waals surface area contributed by atoms with Crippen molar-refractivity contribution in [2.75, 3.05) is 11.9 Å². The van der Waals surface area contributed by atoms with Crippen LogP contribution in [-0.4, -0.2) is 32.4 Å². The van der Waals surface area contributed by atoms with E-state index in [2.05, 4.69) is 5.32 Å². The maximum absolute atomic E-state index is 13.7. The molecular weight excluding hydrogens is 500 g/mol. The second-order valence-corrected chi connectivity index (χ2v) is 10.3. The Morgan fingerprint density at radius 1 is 1.11 bits per heavy atom. The van der Waals surface area contributed by atoms with Gasteiger partial charge in [0.25, 0.3) is 5.56 Å². The maximum atomic E-state index is 13.7. The number of hydrogen-bond donors (Lipinski definition) is 1. The molecule has 10 heteroatoms. The molecule has 1 N–H and O–H groups in total. The third kappa shape index (κ3) is 4.36. The fraction of sp³-hybridized carbons (Fsp3) is 0.231. The summed E-state index contributed by atoms with van der Waals surface area (Å²) in [5.74, 6) is -0.443. The summed E-state index contributed by atoms with van der Waals surface area (Å²) in [7, 11) is 0. The summed E-state index contributed by atoms with van der Waals surface area (Å²) < 4.78 is 2.41. The van der Waals surface area contributed by atoms with Crippen LogP contribution in [0.3, 0.4) is 0 Å². The van der Waals surface area contributed by atoms with Crippen molar-refractivity contribution in [3.63, 3.8) is 0 Å². The van der Waals surface area contributed by atoms with E-state index in [0.29, 0.717) is 46.1 Å². The quantitative estimate of drug-likeness (QED) is 0.442. The molecule has 2 aromatic heterocycles. The molecule has 0 bridgehead atoms. The number of rotatable bonds is 4. The number of thiophene rings is 1. The molecule has 0 saturated heterocycles. The lowest BCUT2D eigenvalue weighted by molar-refractivity contribution is -0.129. The third-order valence-electron chi connectivity index (χ3n) is 6.24. The van der Waals surface area contributed by atoms with E-state index in [1.54, 1.807) is 35.2 Å². The summed E-state index contributed by atoms with van der Waals surface area (Å²) >= 11 is 7.44. The lowest BCUT2D eigenvalue weighted by Gasteiger charge is -2.25. The first-order valence-corrected chi connectivity index (χ1v) is 12.6. The minimum Gasteiger partial charge on any atom is -0.337 e. The first-order chi connectivity index (χ1) is 17.2. The lowest BCUT2D eigenvalue weighted by atomic mass is 10.1. The number of hydrogen-bond acceptors (Lipinski definition) is 5. The SMILES string of the molecule is CC(=O)N1CCc2c(sc3c2c(=O)n(-c2cccc(Cl)c2)c(=O)n3CC(=O)Nc2cccc(C)c2)C1. The molecule has 1 aliphatic rings. The van der Waals surface area contributed by atoms with Crippen LogP contribution < -0.4 is 16.6 Å². The lowest BCUT2D eigenvalue weighted by Crippen LogP contribution is -2.41. The Hall–Kier alpha value is -3.69. The Morgan fingerprint density at radius 2 is 1.89 bits per heavy atom. The first kappa shape index (κ1) is 24.0. The summed E-state index contributed by atoms with van der Waals surface area (Å²) in [6, 6.07) is 13.9. The molecule has 0 fully saturated rings. The van der Waals surface area contributed by atoms with E-state index in [9.17, 15) is 19.2 Å². The van der Waals surface area contributed by atoms with Gasteiger partial charge >= 0.3 is 5.69 Å². The normalized spacial score (nSPS) is 13.0. The first-order valence-electron chi connectivity index (χ1n) is 11.4. The zero-order valence-electron chi connectivity index (χ0n) is 19.7. The number of anilines is 1. The van der Waals surface area contributed by atoms with Crippen molar-refractivity contribution < 1.29 is 9.59 Å². The van der Waals surface area contributed by atoms with E-state index in [-0.39, 0.29) is 12.5 Å². The Bertz CT molecular complexity index is 1650. The zero-order valence-corrected chi connectivity index (χ0v) is 21.3. The van der Waals surface area contributed by atoms with Gasteiger partial charge in [-0.1, -0.05) is 29.8 Å². The van der Waals surface area contributed by atoms with Crippen LogP contribution in [0.15, 0.2) is 58.1 Å². The molecule has 0 spiro atoms. The number of fused-ring (bicyclic) bond motifs is 3. The molecule has 0 radical (unpaired) electrons. The molecule has 4 aromatic rings. The highest BCUT2D eigenvalue weighted by Crippen LogP contribution is 2.33. The van der Waals surface area contributed by atoms with Crippen LogP contribution in [0.2, 0.25) is 5.02 Å². The maximum Gasteiger partial charge on any atom is 0.337 e. The standard InChI is InChI=1S/C26H23ClN4O4S/c1-15-5-3-7-18(11-15)28-22(33)14-30-25-23(20-9-10-29(16(2)32)13-21(20)36-25)24(34)31(26(30)35)19-8-4-6-17(27)12-19/h3-8,11-12H,9-10,13-14H2,1-2H3,(H,28,33). The van der Waals surface area contributed by atoms with Gasteiger partial charge < -0.3 is 10.2 Å². The van der Waals surface area contributed by atoms with Gasteiger partial charge in [-0.3, -0.25) is 19.0 Å². The average Bonchev–Trinajstić information content (AvgIpc) is 3.21. The fourth-order valence-electron chi connectivity index (χ4n) is 4.52. The topological polar surface area (TPSA) is 93.4 Å². The number of benzene rings is 2. The van der Waals surface area contributed by atoms with Gasteiger partial charge in [0.1, 0.15) is 11.4 Å². The van der Waals surface area contributed by atoms with Crippen molar-refractivity contribution in [3.05, 3.63) is 90.4 Å². The summed E-state index contributed by atoms with van der Waals surface area (Å²) in [5.41, 5.74) is 1.67. The summed E-state index contributed by atoms with van der Waals surface area (Å²) in [5, 5.41) is 3.62. The molecule has 1 aliphatic heterocycles. The van der Waals surface area contributed by atoms with Crippen LogP contribution in [-0.2, 0) is 29.1 Å². The predicted molar refractivity (Wildman–Crippen MR) is 141 cm³/mol. The van der Waals surface area contributed by atoms with Crippen LogP contribution in [0.5, 0.6) is 0 Å². The van der Waals surface area contributed by atoms with Crippen molar-refractivity contribution >= 4 is 50.7 Å². The van der Waals surface area contributed by atoms with Crippen molar-refractivity contribution in [1.82, 2.24) is 14.0 Å². The van der Waals surface area contributed by atoms with E-state index < -0.39 is 17.2 Å². The molecule has 36 heavy (non-hydrogen) atoms. The molecule has 0 saturated carbocycles. The number of carbonyl (C=O) groups is 2. The molecule has 5 rings (SSSR count). The van der Waals surface area contributed by atoms with Crippen molar-refractivity contribution in [1.29, 1.82) is 0 Å². The average molecular weight is 523 g/mol. The Balaban J connectivity index is 1.68. The minimum absolute atomic E-state index is 0.0515. The number of carbonyl (C=O) groups excluding carboxylic acids is 2. The van der Waals surface area contributed by atoms with Gasteiger partial charge in [-0.15, -0.1) is 11.3 Å². The van der Waals surface area contributed by atoms with E-state index in [1.165, 1.54) is 22.8 Å². The van der Waals surface area contributed by atoms with E-state index in [1.807, 2.05) is 25.1 Å². The fourth-order valence-corrected chi connectivity index (χ4v) is 6.06. The number of aromatic nitrogens is 2. The van der Waals surface area contributed by atoms with Gasteiger partial charge in [0.05, 0.1) is 17.6 Å². The van der Waals surface area contributed by atoms with Crippen LogP contribution in [0, 0.1) is 6.92 Å². The van der Waals surface area contributed by atoms with Crippen LogP contribution in [0.1, 0.15) is 22.9 Å². The molecule has 0 unspecified atom stereocenters. The van der Waals surface area contributed by atoms with E-state index in [4.69, 9.17) is 11.6 Å². The van der Waals surface area contributed by atoms with Gasteiger partial charge in [-0.2, -0.15) is 0 Å². The van der Waals surface area contributed by atoms with E-state index >= 15 is 0 Å². The van der Waals surface area contributed by atoms with Gasteiger partial charge in [0, 0.05) is 29.1 Å². The second kappa shape index (κ2) is 9.40. The highest BCUT2D eigenvalue weighted by Gasteiger charge is 2.28. The Labute approximate surface area is 215 Å². The summed E-state index contributed by atoms with van der Waals surface area (Å²) in [6.45, 7) is 4.00. The van der Waals surface area contributed by atoms with Crippen LogP contribution in [0.4, 0.5) is 5.69 Å². The number of amides is 2. The molecule has 0 aliphatic carbocycles. The highest BCUT2D eigenvalue weighted by molar-refractivity contribution is 7.18. The third-order valence-corrected chi connectivity index (χ3v) is 7.71. The molecule has 2 amide bonds. The molecule has 0 atom stereocenters. The Morgan fingerprint density at radius 3 is 2.61 bits per heavy atom. The molecule has 3 heterocycles. The molecule has 184 valence electrons. The largest absolute Gasteiger partial charge is 0.337 e. The monoisotopic (exact) mass is 522 g/mol. The van der Waals surface area contributed by atoms with E-state index in [0.717, 1.165) is 20.6 Å². The van der Waals surface area contributed by atoms with Gasteiger partial charge in [-0.25, -0.2) is 9.36 Å². The number of nitrogens with zero attached hydrogens (tertiary/aromatic N) is 3. The van der Waals surface area contributed by atoms with Crippen LogP contribution >= 0.6 is 22.9 Å². The minimum atomic E-state index is -0.629. The number of aryl methyl sites for hydroxylation is 1. The van der Waals surface area contributed by atoms with Gasteiger partial charge in [0.15, 0.2) is 0 Å². The summed E-state index contributed by atoms with van der Waals surface area (Å²) in [4.78, 5) is 55.4. The molecular formula is C26H23ClN4O4S. The second-order valence-electron chi connectivity index (χ2n) is 8.78. The van der Waals surface area contributed by atoms with Crippen LogP contribution in [0.25, 0.3) is 15.9 Å². The predicted octanol–water partition coefficient (Wildman–Crippen LogP) is 3.72. The molecule has 2 aromatic carbocycles. The number of nitrogens with one attached hydrogen (secondary N) is 1. The van der Waals surface area contributed by atoms with Gasteiger partial charge in [-0.05, 0) is 54.8 Å². The highest BCUT2D eigenvalue weighted by atomic mass is 35.5. The number of halogens is 1. The smallest absolute Gasteiger partial charge is 0.337 e.